The zero-order valence-electron chi connectivity index (χ0n) is 9.48. The van der Waals surface area contributed by atoms with Gasteiger partial charge < -0.3 is 20.1 Å². The highest BCUT2D eigenvalue weighted by Crippen LogP contribution is 2.22. The van der Waals surface area contributed by atoms with Crippen LogP contribution in [0.3, 0.4) is 0 Å². The normalized spacial score (nSPS) is 23.7. The van der Waals surface area contributed by atoms with Gasteiger partial charge in [-0.3, -0.25) is 0 Å². The number of H-pyrrole nitrogens is 1. The Bertz CT molecular complexity index is 566. The Balaban J connectivity index is 1.83. The number of aromatic nitrogens is 4. The van der Waals surface area contributed by atoms with Crippen molar-refractivity contribution in [1.29, 1.82) is 0 Å². The number of nitrogens with one attached hydrogen (secondary N) is 2. The average molecular weight is 270 g/mol. The van der Waals surface area contributed by atoms with E-state index in [-0.39, 0.29) is 5.28 Å². The molecular formula is C10H12ClN5O2. The number of anilines is 1. The molecule has 3 heterocycles. The van der Waals surface area contributed by atoms with E-state index in [0.717, 1.165) is 0 Å². The number of imidazole rings is 1. The van der Waals surface area contributed by atoms with Crippen molar-refractivity contribution in [3.8, 4) is 0 Å². The summed E-state index contributed by atoms with van der Waals surface area (Å²) in [4.78, 5) is 15.0. The molecule has 1 saturated heterocycles. The first-order chi connectivity index (χ1) is 8.66. The molecule has 1 aliphatic rings. The summed E-state index contributed by atoms with van der Waals surface area (Å²) >= 11 is 5.81. The van der Waals surface area contributed by atoms with Gasteiger partial charge in [-0.15, -0.1) is 0 Å². The largest absolute Gasteiger partial charge is 0.386 e. The Morgan fingerprint density at radius 2 is 2.44 bits per heavy atom. The summed E-state index contributed by atoms with van der Waals surface area (Å²) < 4.78 is 5.18. The van der Waals surface area contributed by atoms with Gasteiger partial charge in [-0.2, -0.15) is 9.97 Å². The molecule has 0 aromatic carbocycles. The van der Waals surface area contributed by atoms with Gasteiger partial charge in [-0.25, -0.2) is 4.98 Å². The van der Waals surface area contributed by atoms with E-state index in [4.69, 9.17) is 16.3 Å². The molecule has 1 aliphatic heterocycles. The van der Waals surface area contributed by atoms with Crippen LogP contribution in [0.5, 0.6) is 0 Å². The maximum atomic E-state index is 10.2. The molecular weight excluding hydrogens is 258 g/mol. The molecule has 0 amide bonds. The smallest absolute Gasteiger partial charge is 0.226 e. The van der Waals surface area contributed by atoms with Crippen LogP contribution in [0.2, 0.25) is 5.28 Å². The van der Waals surface area contributed by atoms with Gasteiger partial charge in [0, 0.05) is 19.6 Å². The zero-order chi connectivity index (χ0) is 12.6. The maximum Gasteiger partial charge on any atom is 0.226 e. The van der Waals surface area contributed by atoms with Gasteiger partial charge in [0.15, 0.2) is 11.5 Å². The molecule has 7 nitrogen and oxygen atoms in total. The van der Waals surface area contributed by atoms with Crippen LogP contribution in [0.1, 0.15) is 6.42 Å². The summed E-state index contributed by atoms with van der Waals surface area (Å²) in [7, 11) is 0. The fraction of sp³-hybridized carbons (Fsp3) is 0.500. The second kappa shape index (κ2) is 4.34. The molecule has 18 heavy (non-hydrogen) atoms. The molecule has 0 spiro atoms. The number of aliphatic hydroxyl groups is 1. The number of nitrogens with zero attached hydrogens (tertiary/aromatic N) is 3. The number of fused-ring (bicyclic) bond motifs is 1. The summed E-state index contributed by atoms with van der Waals surface area (Å²) in [5, 5.41) is 13.3. The van der Waals surface area contributed by atoms with Gasteiger partial charge in [0.1, 0.15) is 11.1 Å². The van der Waals surface area contributed by atoms with E-state index in [9.17, 15) is 5.11 Å². The topological polar surface area (TPSA) is 96.0 Å². The molecule has 1 fully saturated rings. The highest BCUT2D eigenvalue weighted by molar-refractivity contribution is 6.28. The van der Waals surface area contributed by atoms with Crippen LogP contribution in [-0.4, -0.2) is 50.4 Å². The third-order valence-corrected chi connectivity index (χ3v) is 3.09. The number of halogens is 1. The number of aromatic amines is 1. The van der Waals surface area contributed by atoms with Crippen LogP contribution in [0.25, 0.3) is 11.2 Å². The van der Waals surface area contributed by atoms with Gasteiger partial charge in [-0.05, 0) is 11.6 Å². The molecule has 1 atom stereocenters. The molecule has 1 unspecified atom stereocenters. The highest BCUT2D eigenvalue weighted by Gasteiger charge is 2.32. The van der Waals surface area contributed by atoms with Crippen molar-refractivity contribution in [3.05, 3.63) is 11.6 Å². The lowest BCUT2D eigenvalue weighted by Gasteiger charge is -2.21. The van der Waals surface area contributed by atoms with Crippen LogP contribution in [-0.2, 0) is 4.74 Å². The minimum atomic E-state index is -0.857. The highest BCUT2D eigenvalue weighted by atomic mass is 35.5. The van der Waals surface area contributed by atoms with E-state index < -0.39 is 5.60 Å². The number of rotatable bonds is 3. The van der Waals surface area contributed by atoms with Crippen LogP contribution in [0.4, 0.5) is 5.82 Å². The number of ether oxygens (including phenoxy) is 1. The first-order valence-corrected chi connectivity index (χ1v) is 5.95. The van der Waals surface area contributed by atoms with Crippen molar-refractivity contribution >= 4 is 28.6 Å². The summed E-state index contributed by atoms with van der Waals surface area (Å²) in [5.41, 5.74) is 0.304. The Labute approximate surface area is 108 Å². The zero-order valence-corrected chi connectivity index (χ0v) is 10.2. The van der Waals surface area contributed by atoms with E-state index >= 15 is 0 Å². The molecule has 8 heteroatoms. The summed E-state index contributed by atoms with van der Waals surface area (Å²) in [6.07, 6.45) is 2.12. The quantitative estimate of drug-likeness (QED) is 0.705. The van der Waals surface area contributed by atoms with Crippen molar-refractivity contribution in [2.45, 2.75) is 12.0 Å². The van der Waals surface area contributed by atoms with Gasteiger partial charge in [0.05, 0.1) is 12.9 Å². The second-order valence-corrected chi connectivity index (χ2v) is 4.66. The molecule has 0 saturated carbocycles. The average Bonchev–Trinajstić information content (AvgIpc) is 2.95. The van der Waals surface area contributed by atoms with Crippen LogP contribution >= 0.6 is 11.6 Å². The van der Waals surface area contributed by atoms with Crippen molar-refractivity contribution < 1.29 is 9.84 Å². The minimum Gasteiger partial charge on any atom is -0.386 e. The van der Waals surface area contributed by atoms with Gasteiger partial charge in [0.2, 0.25) is 5.28 Å². The molecule has 0 aliphatic carbocycles. The predicted molar refractivity (Wildman–Crippen MR) is 65.6 cm³/mol. The van der Waals surface area contributed by atoms with Gasteiger partial charge in [0.25, 0.3) is 0 Å². The van der Waals surface area contributed by atoms with Crippen molar-refractivity contribution in [2.24, 2.45) is 0 Å². The Morgan fingerprint density at radius 1 is 1.56 bits per heavy atom. The fourth-order valence-electron chi connectivity index (χ4n) is 1.92. The van der Waals surface area contributed by atoms with Crippen LogP contribution < -0.4 is 5.32 Å². The standard InChI is InChI=1S/C10H12ClN5O2/c11-9-15-7(6-8(16-9)14-5-13-6)12-3-10(17)1-2-18-4-10/h5,17H,1-4H2,(H2,12,13,14,15,16). The van der Waals surface area contributed by atoms with Crippen LogP contribution in [0, 0.1) is 0 Å². The minimum absolute atomic E-state index is 0.117. The van der Waals surface area contributed by atoms with E-state index in [0.29, 0.717) is 43.2 Å². The van der Waals surface area contributed by atoms with Crippen molar-refractivity contribution in [2.75, 3.05) is 25.1 Å². The Kier molecular flexibility index (Phi) is 2.81. The molecule has 2 aromatic heterocycles. The summed E-state index contributed by atoms with van der Waals surface area (Å²) in [6, 6.07) is 0. The van der Waals surface area contributed by atoms with E-state index in [1.54, 1.807) is 0 Å². The Morgan fingerprint density at radius 3 is 3.22 bits per heavy atom. The van der Waals surface area contributed by atoms with Gasteiger partial charge >= 0.3 is 0 Å². The predicted octanol–water partition coefficient (Wildman–Crippen LogP) is 0.570. The third-order valence-electron chi connectivity index (χ3n) is 2.93. The monoisotopic (exact) mass is 269 g/mol. The lowest BCUT2D eigenvalue weighted by Crippen LogP contribution is -2.37. The van der Waals surface area contributed by atoms with Crippen molar-refractivity contribution in [3.63, 3.8) is 0 Å². The fourth-order valence-corrected chi connectivity index (χ4v) is 2.08. The van der Waals surface area contributed by atoms with E-state index in [1.807, 2.05) is 0 Å². The second-order valence-electron chi connectivity index (χ2n) is 4.32. The lowest BCUT2D eigenvalue weighted by molar-refractivity contribution is 0.0381. The molecule has 3 N–H and O–H groups in total. The number of hydrogen-bond acceptors (Lipinski definition) is 6. The lowest BCUT2D eigenvalue weighted by atomic mass is 10.0. The van der Waals surface area contributed by atoms with Crippen LogP contribution in [0.15, 0.2) is 6.33 Å². The van der Waals surface area contributed by atoms with E-state index in [2.05, 4.69) is 25.3 Å². The molecule has 3 rings (SSSR count). The van der Waals surface area contributed by atoms with E-state index in [1.165, 1.54) is 6.33 Å². The molecule has 2 aromatic rings. The Hall–Kier alpha value is -1.44. The third kappa shape index (κ3) is 2.12. The first-order valence-electron chi connectivity index (χ1n) is 5.57. The molecule has 96 valence electrons. The summed E-state index contributed by atoms with van der Waals surface area (Å²) in [5.74, 6) is 0.530. The number of hydrogen-bond donors (Lipinski definition) is 3. The molecule has 0 radical (unpaired) electrons. The van der Waals surface area contributed by atoms with Gasteiger partial charge in [-0.1, -0.05) is 0 Å². The SMILES string of the molecule is OC1(CNc2nc(Cl)nc3nc[nH]c23)CCOC1. The summed E-state index contributed by atoms with van der Waals surface area (Å²) in [6.45, 7) is 1.24. The van der Waals surface area contributed by atoms with Crippen molar-refractivity contribution in [1.82, 2.24) is 19.9 Å². The first kappa shape index (κ1) is 11.6. The molecule has 0 bridgehead atoms. The maximum absolute atomic E-state index is 10.2.